The molecule has 3 N–H and O–H groups in total. The van der Waals surface area contributed by atoms with E-state index in [2.05, 4.69) is 21.0 Å². The highest BCUT2D eigenvalue weighted by atomic mass is 35.5. The number of carbonyl (C=O) groups excluding carboxylic acids is 2. The maximum Gasteiger partial charge on any atom is 0.308 e. The molecular formula is C26H28ClF2N5O4. The van der Waals surface area contributed by atoms with E-state index >= 15 is 0 Å². The van der Waals surface area contributed by atoms with Crippen LogP contribution in [0.4, 0.5) is 8.78 Å². The lowest BCUT2D eigenvalue weighted by Gasteiger charge is -2.19. The van der Waals surface area contributed by atoms with Crippen molar-refractivity contribution in [1.29, 1.82) is 0 Å². The Morgan fingerprint density at radius 1 is 1.13 bits per heavy atom. The van der Waals surface area contributed by atoms with Gasteiger partial charge in [0.15, 0.2) is 6.61 Å². The van der Waals surface area contributed by atoms with Gasteiger partial charge in [0.25, 0.3) is 11.5 Å². The molecule has 202 valence electrons. The summed E-state index contributed by atoms with van der Waals surface area (Å²) in [6.07, 6.45) is 2.32. The molecule has 1 aromatic carbocycles. The largest absolute Gasteiger partial charge is 0.483 e. The van der Waals surface area contributed by atoms with Gasteiger partial charge in [0.2, 0.25) is 5.91 Å². The van der Waals surface area contributed by atoms with Crippen LogP contribution in [-0.2, 0) is 28.5 Å². The first kappa shape index (κ1) is 28.6. The number of carbonyl (C=O) groups is 2. The second kappa shape index (κ2) is 13.0. The number of rotatable bonds is 12. The molecule has 0 spiro atoms. The van der Waals surface area contributed by atoms with Crippen molar-refractivity contribution in [3.8, 4) is 5.75 Å². The predicted molar refractivity (Wildman–Crippen MR) is 139 cm³/mol. The second-order valence-corrected chi connectivity index (χ2v) is 8.79. The minimum absolute atomic E-state index is 0.0265. The van der Waals surface area contributed by atoms with Crippen molar-refractivity contribution in [2.45, 2.75) is 32.7 Å². The Labute approximate surface area is 223 Å². The lowest BCUT2D eigenvalue weighted by molar-refractivity contribution is -0.123. The summed E-state index contributed by atoms with van der Waals surface area (Å²) in [5.74, 6) is -3.72. The Morgan fingerprint density at radius 3 is 2.63 bits per heavy atom. The lowest BCUT2D eigenvalue weighted by atomic mass is 10.1. The van der Waals surface area contributed by atoms with E-state index in [9.17, 15) is 23.2 Å². The van der Waals surface area contributed by atoms with Crippen LogP contribution in [0.3, 0.4) is 0 Å². The average molecular weight is 548 g/mol. The number of ether oxygens (including phenoxy) is 1. The second-order valence-electron chi connectivity index (χ2n) is 8.35. The number of aromatic nitrogens is 2. The monoisotopic (exact) mass is 547 g/mol. The van der Waals surface area contributed by atoms with Gasteiger partial charge in [-0.1, -0.05) is 17.7 Å². The van der Waals surface area contributed by atoms with Gasteiger partial charge in [-0.05, 0) is 55.8 Å². The van der Waals surface area contributed by atoms with Crippen LogP contribution in [0.15, 0.2) is 59.7 Å². The standard InChI is InChI=1S/C26H28ClF2N5O4/c1-3-30-24(36)15-38-21-8-7-19(27)12-18(21)14-32-23(35)13-20-17(2)9-11-34(25(20)37)33-16-26(28,29)22-6-4-5-10-31-22/h4-12,33H,3,13-16H2,1-2H3,(H,30,36)(H,32,35). The number of pyridine rings is 2. The molecular weight excluding hydrogens is 520 g/mol. The Kier molecular flexibility index (Phi) is 9.78. The van der Waals surface area contributed by atoms with Gasteiger partial charge in [0.05, 0.1) is 6.42 Å². The van der Waals surface area contributed by atoms with E-state index in [1.807, 2.05) is 0 Å². The van der Waals surface area contributed by atoms with Gasteiger partial charge in [-0.2, -0.15) is 8.78 Å². The molecule has 9 nitrogen and oxygen atoms in total. The molecule has 0 atom stereocenters. The molecule has 0 fully saturated rings. The van der Waals surface area contributed by atoms with Gasteiger partial charge < -0.3 is 20.8 Å². The molecule has 0 radical (unpaired) electrons. The highest BCUT2D eigenvalue weighted by molar-refractivity contribution is 6.30. The molecule has 2 heterocycles. The Morgan fingerprint density at radius 2 is 1.92 bits per heavy atom. The van der Waals surface area contributed by atoms with Crippen molar-refractivity contribution >= 4 is 23.4 Å². The minimum Gasteiger partial charge on any atom is -0.483 e. The summed E-state index contributed by atoms with van der Waals surface area (Å²) in [4.78, 5) is 41.0. The van der Waals surface area contributed by atoms with Crippen LogP contribution in [0.2, 0.25) is 5.02 Å². The summed E-state index contributed by atoms with van der Waals surface area (Å²) in [5.41, 5.74) is 2.59. The fraction of sp³-hybridized carbons (Fsp3) is 0.308. The molecule has 38 heavy (non-hydrogen) atoms. The third-order valence-electron chi connectivity index (χ3n) is 5.51. The topological polar surface area (TPSA) is 114 Å². The van der Waals surface area contributed by atoms with E-state index in [4.69, 9.17) is 16.3 Å². The number of benzene rings is 1. The summed E-state index contributed by atoms with van der Waals surface area (Å²) in [5, 5.41) is 5.74. The molecule has 2 aromatic heterocycles. The Hall–Kier alpha value is -3.99. The van der Waals surface area contributed by atoms with Crippen molar-refractivity contribution in [3.05, 3.63) is 92.6 Å². The molecule has 0 aliphatic carbocycles. The molecule has 0 unspecified atom stereocenters. The number of hydrogen-bond acceptors (Lipinski definition) is 6. The summed E-state index contributed by atoms with van der Waals surface area (Å²) < 4.78 is 35.4. The summed E-state index contributed by atoms with van der Waals surface area (Å²) >= 11 is 6.08. The van der Waals surface area contributed by atoms with Gasteiger partial charge in [-0.25, -0.2) is 4.68 Å². The van der Waals surface area contributed by atoms with Crippen molar-refractivity contribution in [2.75, 3.05) is 25.1 Å². The molecule has 0 saturated heterocycles. The molecule has 2 amide bonds. The summed E-state index contributed by atoms with van der Waals surface area (Å²) in [6.45, 7) is 2.87. The number of hydrogen-bond donors (Lipinski definition) is 3. The highest BCUT2D eigenvalue weighted by Crippen LogP contribution is 2.25. The quantitative estimate of drug-likeness (QED) is 0.321. The van der Waals surface area contributed by atoms with Crippen LogP contribution >= 0.6 is 11.6 Å². The number of alkyl halides is 2. The van der Waals surface area contributed by atoms with Crippen molar-refractivity contribution in [3.63, 3.8) is 0 Å². The van der Waals surface area contributed by atoms with Gasteiger partial charge in [-0.15, -0.1) is 0 Å². The molecule has 0 aliphatic rings. The van der Waals surface area contributed by atoms with E-state index in [0.29, 0.717) is 28.4 Å². The number of amides is 2. The van der Waals surface area contributed by atoms with E-state index in [1.165, 1.54) is 30.6 Å². The van der Waals surface area contributed by atoms with Crippen LogP contribution in [0, 0.1) is 6.92 Å². The Balaban J connectivity index is 1.66. The van der Waals surface area contributed by atoms with Crippen molar-refractivity contribution in [1.82, 2.24) is 20.3 Å². The van der Waals surface area contributed by atoms with E-state index < -0.39 is 29.6 Å². The third-order valence-corrected chi connectivity index (χ3v) is 5.74. The van der Waals surface area contributed by atoms with Gasteiger partial charge in [0, 0.05) is 41.6 Å². The number of nitrogens with zero attached hydrogens (tertiary/aromatic N) is 2. The normalized spacial score (nSPS) is 11.1. The smallest absolute Gasteiger partial charge is 0.308 e. The third kappa shape index (κ3) is 7.75. The zero-order valence-electron chi connectivity index (χ0n) is 20.9. The number of nitrogens with one attached hydrogen (secondary N) is 3. The maximum absolute atomic E-state index is 14.5. The van der Waals surface area contributed by atoms with E-state index in [-0.39, 0.29) is 31.0 Å². The molecule has 0 aliphatic heterocycles. The van der Waals surface area contributed by atoms with Gasteiger partial charge in [0.1, 0.15) is 18.0 Å². The van der Waals surface area contributed by atoms with E-state index in [1.54, 1.807) is 38.1 Å². The van der Waals surface area contributed by atoms with Crippen molar-refractivity contribution in [2.24, 2.45) is 0 Å². The first-order chi connectivity index (χ1) is 18.1. The van der Waals surface area contributed by atoms with Gasteiger partial charge >= 0.3 is 5.92 Å². The fourth-order valence-electron chi connectivity index (χ4n) is 3.50. The predicted octanol–water partition coefficient (Wildman–Crippen LogP) is 2.91. The van der Waals surface area contributed by atoms with Crippen LogP contribution < -0.4 is 26.4 Å². The zero-order valence-corrected chi connectivity index (χ0v) is 21.6. The highest BCUT2D eigenvalue weighted by Gasteiger charge is 2.33. The SMILES string of the molecule is CCNC(=O)COc1ccc(Cl)cc1CNC(=O)Cc1c(C)ccn(NCC(F)(F)c2ccccn2)c1=O. The summed E-state index contributed by atoms with van der Waals surface area (Å²) in [6, 6.07) is 10.5. The lowest BCUT2D eigenvalue weighted by Crippen LogP contribution is -2.38. The first-order valence-corrected chi connectivity index (χ1v) is 12.2. The zero-order chi connectivity index (χ0) is 27.7. The number of halogens is 3. The number of likely N-dealkylation sites (N-methyl/N-ethyl adjacent to an activating group) is 1. The van der Waals surface area contributed by atoms with Crippen LogP contribution in [0.25, 0.3) is 0 Å². The first-order valence-electron chi connectivity index (χ1n) is 11.8. The van der Waals surface area contributed by atoms with Crippen LogP contribution in [-0.4, -0.2) is 41.2 Å². The fourth-order valence-corrected chi connectivity index (χ4v) is 3.69. The Bertz CT molecular complexity index is 1330. The molecule has 0 bridgehead atoms. The number of aryl methyl sites for hydroxylation is 1. The maximum atomic E-state index is 14.5. The van der Waals surface area contributed by atoms with E-state index in [0.717, 1.165) is 4.68 Å². The molecule has 3 aromatic rings. The van der Waals surface area contributed by atoms with Crippen molar-refractivity contribution < 1.29 is 23.1 Å². The van der Waals surface area contributed by atoms with Crippen LogP contribution in [0.5, 0.6) is 5.75 Å². The average Bonchev–Trinajstić information content (AvgIpc) is 2.89. The van der Waals surface area contributed by atoms with Gasteiger partial charge in [-0.3, -0.25) is 19.4 Å². The molecule has 3 rings (SSSR count). The molecule has 0 saturated carbocycles. The summed E-state index contributed by atoms with van der Waals surface area (Å²) in [7, 11) is 0. The van der Waals surface area contributed by atoms with Crippen LogP contribution in [0.1, 0.15) is 29.3 Å². The molecule has 12 heteroatoms. The minimum atomic E-state index is -3.32.